The molecule has 2 fully saturated rings. The summed E-state index contributed by atoms with van der Waals surface area (Å²) in [5.41, 5.74) is 1.30. The number of likely N-dealkylation sites (tertiary alicyclic amines) is 2. The van der Waals surface area contributed by atoms with Crippen LogP contribution in [0.2, 0.25) is 0 Å². The van der Waals surface area contributed by atoms with Gasteiger partial charge in [0.05, 0.1) is 23.0 Å². The van der Waals surface area contributed by atoms with E-state index in [0.717, 1.165) is 0 Å². The number of Topliss-reactive ketones (excluding diaryl/α,β-unsaturated/α-hetero) is 1. The lowest BCUT2D eigenvalue weighted by atomic mass is 9.87. The highest BCUT2D eigenvalue weighted by Crippen LogP contribution is 2.38. The molecule has 0 saturated carbocycles. The number of carbonyl (C=O) groups is 4. The number of piperidine rings is 1. The molecule has 4 heterocycles. The molecular formula is C39H52FN5O5. The molecule has 0 unspecified atom stereocenters. The molecule has 270 valence electrons. The Morgan fingerprint density at radius 2 is 1.64 bits per heavy atom. The van der Waals surface area contributed by atoms with E-state index < -0.39 is 29.1 Å². The summed E-state index contributed by atoms with van der Waals surface area (Å²) in [6.45, 7) is 19.7. The standard InChI is InChI=1S/C39H52FN5O5/c1-23(2)43(24(3)4)35(47)29-21-27(40)11-12-30(29)44-25(5)33(28-14-18-41-22-32(28)44)34(46)26-15-19-42(20-16-26)36(48)31-13-17-39(9,10)45(31)37(49)50-38(6,7)8/h11-12,14,18,21-24,26,31H,13,15-17,19-20H2,1-10H3/t31-/m0/s1. The Bertz CT molecular complexity index is 1790. The van der Waals surface area contributed by atoms with Crippen LogP contribution in [0.5, 0.6) is 0 Å². The van der Waals surface area contributed by atoms with Crippen LogP contribution in [0.15, 0.2) is 36.7 Å². The van der Waals surface area contributed by atoms with Gasteiger partial charge in [0.15, 0.2) is 5.78 Å². The van der Waals surface area contributed by atoms with E-state index in [1.54, 1.807) is 39.2 Å². The average Bonchev–Trinajstić information content (AvgIpc) is 3.51. The van der Waals surface area contributed by atoms with E-state index in [1.807, 2.05) is 73.8 Å². The fraction of sp³-hybridized carbons (Fsp3) is 0.564. The van der Waals surface area contributed by atoms with E-state index >= 15 is 0 Å². The van der Waals surface area contributed by atoms with Crippen molar-refractivity contribution in [3.05, 3.63) is 59.3 Å². The molecule has 2 saturated heterocycles. The molecule has 0 radical (unpaired) electrons. The van der Waals surface area contributed by atoms with Crippen LogP contribution in [0.1, 0.15) is 114 Å². The molecule has 2 aliphatic heterocycles. The average molecular weight is 690 g/mol. The summed E-state index contributed by atoms with van der Waals surface area (Å²) in [5.74, 6) is -1.31. The highest BCUT2D eigenvalue weighted by molar-refractivity contribution is 6.11. The highest BCUT2D eigenvalue weighted by atomic mass is 19.1. The predicted molar refractivity (Wildman–Crippen MR) is 191 cm³/mol. The number of amides is 3. The number of nitrogens with zero attached hydrogens (tertiary/aromatic N) is 5. The first kappa shape index (κ1) is 37.0. The number of fused-ring (bicyclic) bond motifs is 1. The lowest BCUT2D eigenvalue weighted by Crippen LogP contribution is -2.55. The van der Waals surface area contributed by atoms with Gasteiger partial charge in [0.1, 0.15) is 17.5 Å². The van der Waals surface area contributed by atoms with E-state index in [0.29, 0.717) is 66.6 Å². The van der Waals surface area contributed by atoms with E-state index in [1.165, 1.54) is 12.1 Å². The van der Waals surface area contributed by atoms with Gasteiger partial charge < -0.3 is 19.1 Å². The molecule has 50 heavy (non-hydrogen) atoms. The minimum absolute atomic E-state index is 0.0390. The Hall–Kier alpha value is -4.28. The third-order valence-electron chi connectivity index (χ3n) is 10.1. The lowest BCUT2D eigenvalue weighted by Gasteiger charge is -2.39. The molecular weight excluding hydrogens is 637 g/mol. The van der Waals surface area contributed by atoms with E-state index in [-0.39, 0.29) is 41.2 Å². The molecule has 2 aromatic heterocycles. The third-order valence-corrected chi connectivity index (χ3v) is 10.1. The molecule has 0 N–H and O–H groups in total. The molecule has 5 rings (SSSR count). The molecule has 1 atom stereocenters. The minimum Gasteiger partial charge on any atom is -0.444 e. The van der Waals surface area contributed by atoms with Crippen LogP contribution in [0, 0.1) is 18.7 Å². The van der Waals surface area contributed by atoms with Gasteiger partial charge in [-0.3, -0.25) is 24.3 Å². The largest absolute Gasteiger partial charge is 0.444 e. The van der Waals surface area contributed by atoms with Crippen molar-refractivity contribution in [1.82, 2.24) is 24.3 Å². The second kappa shape index (κ2) is 13.8. The van der Waals surface area contributed by atoms with Crippen molar-refractivity contribution in [2.45, 2.75) is 124 Å². The second-order valence-corrected chi connectivity index (χ2v) is 15.9. The summed E-state index contributed by atoms with van der Waals surface area (Å²) in [4.78, 5) is 64.9. The SMILES string of the molecule is Cc1c(C(=O)C2CCN(C(=O)[C@@H]3CCC(C)(C)N3C(=O)OC(C)(C)C)CC2)c2ccncc2n1-c1ccc(F)cc1C(=O)N(C(C)C)C(C)C. The number of rotatable bonds is 7. The zero-order valence-electron chi connectivity index (χ0n) is 31.2. The molecule has 11 heteroatoms. The molecule has 10 nitrogen and oxygen atoms in total. The molecule has 1 aromatic carbocycles. The molecule has 3 amide bonds. The van der Waals surface area contributed by atoms with Crippen molar-refractivity contribution in [2.24, 2.45) is 5.92 Å². The summed E-state index contributed by atoms with van der Waals surface area (Å²) in [6.07, 6.45) is 5.00. The summed E-state index contributed by atoms with van der Waals surface area (Å²) in [6, 6.07) is 5.14. The summed E-state index contributed by atoms with van der Waals surface area (Å²) >= 11 is 0. The van der Waals surface area contributed by atoms with Gasteiger partial charge in [0.25, 0.3) is 5.91 Å². The van der Waals surface area contributed by atoms with Crippen LogP contribution in [0.25, 0.3) is 16.6 Å². The molecule has 3 aromatic rings. The maximum atomic E-state index is 14.7. The number of ether oxygens (including phenoxy) is 1. The quantitative estimate of drug-likeness (QED) is 0.241. The number of hydrogen-bond donors (Lipinski definition) is 0. The second-order valence-electron chi connectivity index (χ2n) is 15.9. The number of aromatic nitrogens is 2. The van der Waals surface area contributed by atoms with Crippen LogP contribution in [-0.4, -0.2) is 90.3 Å². The maximum Gasteiger partial charge on any atom is 0.411 e. The maximum absolute atomic E-state index is 14.7. The fourth-order valence-electron chi connectivity index (χ4n) is 7.82. The van der Waals surface area contributed by atoms with Gasteiger partial charge in [-0.05, 0) is 119 Å². The third kappa shape index (κ3) is 7.01. The number of pyridine rings is 1. The number of hydrogen-bond acceptors (Lipinski definition) is 6. The van der Waals surface area contributed by atoms with Crippen LogP contribution in [-0.2, 0) is 9.53 Å². The molecule has 0 spiro atoms. The Morgan fingerprint density at radius 3 is 2.24 bits per heavy atom. The van der Waals surface area contributed by atoms with Crippen LogP contribution in [0.3, 0.4) is 0 Å². The van der Waals surface area contributed by atoms with E-state index in [2.05, 4.69) is 4.98 Å². The van der Waals surface area contributed by atoms with Crippen molar-refractivity contribution < 1.29 is 28.3 Å². The Kier molecular flexibility index (Phi) is 10.2. The van der Waals surface area contributed by atoms with Gasteiger partial charge in [-0.15, -0.1) is 0 Å². The van der Waals surface area contributed by atoms with Crippen LogP contribution in [0.4, 0.5) is 9.18 Å². The van der Waals surface area contributed by atoms with Crippen molar-refractivity contribution >= 4 is 34.6 Å². The Labute approximate surface area is 294 Å². The minimum atomic E-state index is -0.685. The predicted octanol–water partition coefficient (Wildman–Crippen LogP) is 7.33. The van der Waals surface area contributed by atoms with Gasteiger partial charge in [-0.25, -0.2) is 9.18 Å². The zero-order chi connectivity index (χ0) is 36.9. The molecule has 0 aliphatic carbocycles. The number of benzene rings is 1. The number of ketones is 1. The van der Waals surface area contributed by atoms with Gasteiger partial charge in [0.2, 0.25) is 5.91 Å². The Balaban J connectivity index is 1.42. The van der Waals surface area contributed by atoms with Crippen molar-refractivity contribution in [1.29, 1.82) is 0 Å². The van der Waals surface area contributed by atoms with Crippen molar-refractivity contribution in [3.8, 4) is 5.69 Å². The molecule has 0 bridgehead atoms. The first-order valence-corrected chi connectivity index (χ1v) is 17.8. The molecule has 2 aliphatic rings. The summed E-state index contributed by atoms with van der Waals surface area (Å²) in [7, 11) is 0. The summed E-state index contributed by atoms with van der Waals surface area (Å²) < 4.78 is 22.3. The zero-order valence-corrected chi connectivity index (χ0v) is 31.2. The highest BCUT2D eigenvalue weighted by Gasteiger charge is 2.49. The van der Waals surface area contributed by atoms with Gasteiger partial charge in [0, 0.05) is 59.5 Å². The number of carbonyl (C=O) groups excluding carboxylic acids is 4. The fourth-order valence-corrected chi connectivity index (χ4v) is 7.82. The summed E-state index contributed by atoms with van der Waals surface area (Å²) in [5, 5.41) is 0.703. The smallest absolute Gasteiger partial charge is 0.411 e. The number of halogens is 1. The van der Waals surface area contributed by atoms with Crippen molar-refractivity contribution in [3.63, 3.8) is 0 Å². The van der Waals surface area contributed by atoms with Crippen LogP contribution < -0.4 is 0 Å². The monoisotopic (exact) mass is 689 g/mol. The van der Waals surface area contributed by atoms with Gasteiger partial charge in [-0.2, -0.15) is 0 Å². The Morgan fingerprint density at radius 1 is 1.00 bits per heavy atom. The first-order valence-electron chi connectivity index (χ1n) is 17.8. The van der Waals surface area contributed by atoms with E-state index in [4.69, 9.17) is 4.74 Å². The normalized spacial score (nSPS) is 18.3. The van der Waals surface area contributed by atoms with Gasteiger partial charge in [-0.1, -0.05) is 0 Å². The lowest BCUT2D eigenvalue weighted by molar-refractivity contribution is -0.138. The van der Waals surface area contributed by atoms with Crippen molar-refractivity contribution in [2.75, 3.05) is 13.1 Å². The van der Waals surface area contributed by atoms with Crippen LogP contribution >= 0.6 is 0 Å². The van der Waals surface area contributed by atoms with E-state index in [9.17, 15) is 23.6 Å². The first-order chi connectivity index (χ1) is 23.3. The van der Waals surface area contributed by atoms with Gasteiger partial charge >= 0.3 is 6.09 Å². The topological polar surface area (TPSA) is 105 Å².